The highest BCUT2D eigenvalue weighted by Gasteiger charge is 2.12. The SMILES string of the molecule is O=CCC=Cc1nccc(C(=O)O)c1F. The van der Waals surface area contributed by atoms with E-state index >= 15 is 0 Å². The summed E-state index contributed by atoms with van der Waals surface area (Å²) < 4.78 is 13.4. The number of carboxylic acid groups (broad SMARTS) is 1. The highest BCUT2D eigenvalue weighted by atomic mass is 19.1. The van der Waals surface area contributed by atoms with E-state index in [1.807, 2.05) is 0 Å². The van der Waals surface area contributed by atoms with E-state index in [1.165, 1.54) is 18.3 Å². The molecule has 0 spiro atoms. The summed E-state index contributed by atoms with van der Waals surface area (Å²) in [5.41, 5.74) is -0.521. The molecule has 1 rings (SSSR count). The molecule has 0 unspecified atom stereocenters. The van der Waals surface area contributed by atoms with Crippen molar-refractivity contribution in [1.82, 2.24) is 4.98 Å². The third kappa shape index (κ3) is 2.70. The zero-order chi connectivity index (χ0) is 11.3. The van der Waals surface area contributed by atoms with Crippen LogP contribution < -0.4 is 0 Å². The zero-order valence-electron chi connectivity index (χ0n) is 7.68. The van der Waals surface area contributed by atoms with Crippen molar-refractivity contribution in [3.8, 4) is 0 Å². The first-order chi connectivity index (χ1) is 7.16. The molecule has 0 aliphatic heterocycles. The smallest absolute Gasteiger partial charge is 0.338 e. The number of carbonyl (C=O) groups excluding carboxylic acids is 1. The molecule has 4 nitrogen and oxygen atoms in total. The summed E-state index contributed by atoms with van der Waals surface area (Å²) in [6.45, 7) is 0. The number of carbonyl (C=O) groups is 2. The van der Waals surface area contributed by atoms with Gasteiger partial charge in [-0.2, -0.15) is 0 Å². The molecule has 0 aliphatic carbocycles. The van der Waals surface area contributed by atoms with Gasteiger partial charge in [-0.1, -0.05) is 6.08 Å². The molecule has 0 radical (unpaired) electrons. The van der Waals surface area contributed by atoms with Crippen LogP contribution in [0.15, 0.2) is 18.3 Å². The second-order valence-electron chi connectivity index (χ2n) is 2.67. The van der Waals surface area contributed by atoms with Crippen LogP contribution in [0.3, 0.4) is 0 Å². The van der Waals surface area contributed by atoms with Crippen molar-refractivity contribution in [2.45, 2.75) is 6.42 Å². The van der Waals surface area contributed by atoms with Crippen LogP contribution in [0, 0.1) is 5.82 Å². The summed E-state index contributed by atoms with van der Waals surface area (Å²) in [6.07, 6.45) is 4.67. The molecule has 0 saturated heterocycles. The Kier molecular flexibility index (Phi) is 3.68. The van der Waals surface area contributed by atoms with Gasteiger partial charge in [0.15, 0.2) is 5.82 Å². The second kappa shape index (κ2) is 4.99. The molecule has 0 aliphatic rings. The van der Waals surface area contributed by atoms with Crippen molar-refractivity contribution in [3.05, 3.63) is 35.4 Å². The molecule has 0 fully saturated rings. The topological polar surface area (TPSA) is 67.3 Å². The Morgan fingerprint density at radius 2 is 2.33 bits per heavy atom. The first-order valence-corrected chi connectivity index (χ1v) is 4.14. The van der Waals surface area contributed by atoms with Crippen LogP contribution in [0.25, 0.3) is 6.08 Å². The van der Waals surface area contributed by atoms with Crippen LogP contribution >= 0.6 is 0 Å². The number of aromatic nitrogens is 1. The molecule has 0 saturated carbocycles. The number of aromatic carboxylic acids is 1. The Morgan fingerprint density at radius 3 is 2.93 bits per heavy atom. The highest BCUT2D eigenvalue weighted by molar-refractivity contribution is 5.88. The van der Waals surface area contributed by atoms with Crippen LogP contribution in [0.4, 0.5) is 4.39 Å². The van der Waals surface area contributed by atoms with Gasteiger partial charge in [0.05, 0.1) is 11.3 Å². The molecule has 1 N–H and O–H groups in total. The van der Waals surface area contributed by atoms with E-state index in [-0.39, 0.29) is 12.1 Å². The predicted molar refractivity (Wildman–Crippen MR) is 50.9 cm³/mol. The van der Waals surface area contributed by atoms with E-state index in [1.54, 1.807) is 0 Å². The number of pyridine rings is 1. The molecule has 1 aromatic rings. The van der Waals surface area contributed by atoms with Gasteiger partial charge in [-0.3, -0.25) is 4.98 Å². The number of hydrogen-bond acceptors (Lipinski definition) is 3. The van der Waals surface area contributed by atoms with E-state index in [9.17, 15) is 14.0 Å². The van der Waals surface area contributed by atoms with Crippen LogP contribution in [0.2, 0.25) is 0 Å². The van der Waals surface area contributed by atoms with E-state index in [2.05, 4.69) is 4.98 Å². The van der Waals surface area contributed by atoms with Gasteiger partial charge in [-0.05, 0) is 12.1 Å². The third-order valence-corrected chi connectivity index (χ3v) is 1.65. The fraction of sp³-hybridized carbons (Fsp3) is 0.100. The Hall–Kier alpha value is -2.04. The number of halogens is 1. The number of allylic oxidation sites excluding steroid dienone is 1. The molecule has 0 aromatic carbocycles. The Morgan fingerprint density at radius 1 is 1.60 bits per heavy atom. The minimum absolute atomic E-state index is 0.0863. The van der Waals surface area contributed by atoms with Gasteiger partial charge in [0, 0.05) is 12.6 Å². The van der Waals surface area contributed by atoms with Gasteiger partial charge in [0.25, 0.3) is 0 Å². The molecule has 0 amide bonds. The van der Waals surface area contributed by atoms with E-state index in [0.717, 1.165) is 6.07 Å². The van der Waals surface area contributed by atoms with Gasteiger partial charge in [0.1, 0.15) is 6.29 Å². The molecular formula is C10H8FNO3. The van der Waals surface area contributed by atoms with E-state index < -0.39 is 17.3 Å². The van der Waals surface area contributed by atoms with Crippen LogP contribution in [0.1, 0.15) is 22.5 Å². The predicted octanol–water partition coefficient (Wildman–Crippen LogP) is 1.52. The van der Waals surface area contributed by atoms with Gasteiger partial charge in [-0.25, -0.2) is 9.18 Å². The summed E-state index contributed by atoms with van der Waals surface area (Å²) >= 11 is 0. The zero-order valence-corrected chi connectivity index (χ0v) is 7.68. The van der Waals surface area contributed by atoms with Crippen LogP contribution in [-0.2, 0) is 4.79 Å². The van der Waals surface area contributed by atoms with Gasteiger partial charge in [-0.15, -0.1) is 0 Å². The maximum Gasteiger partial charge on any atom is 0.338 e. The van der Waals surface area contributed by atoms with Crippen molar-refractivity contribution >= 4 is 18.3 Å². The first-order valence-electron chi connectivity index (χ1n) is 4.14. The van der Waals surface area contributed by atoms with Crippen molar-refractivity contribution in [2.75, 3.05) is 0 Å². The fourth-order valence-corrected chi connectivity index (χ4v) is 0.977. The maximum atomic E-state index is 13.4. The number of nitrogens with zero attached hydrogens (tertiary/aromatic N) is 1. The lowest BCUT2D eigenvalue weighted by atomic mass is 10.2. The summed E-state index contributed by atoms with van der Waals surface area (Å²) in [7, 11) is 0. The van der Waals surface area contributed by atoms with Crippen molar-refractivity contribution in [3.63, 3.8) is 0 Å². The minimum Gasteiger partial charge on any atom is -0.478 e. The number of carboxylic acids is 1. The molecule has 78 valence electrons. The van der Waals surface area contributed by atoms with Crippen LogP contribution in [0.5, 0.6) is 0 Å². The molecule has 0 atom stereocenters. The molecule has 1 aromatic heterocycles. The fourth-order valence-electron chi connectivity index (χ4n) is 0.977. The molecular weight excluding hydrogens is 201 g/mol. The summed E-state index contributed by atoms with van der Waals surface area (Å²) in [6, 6.07) is 1.08. The van der Waals surface area contributed by atoms with Crippen LogP contribution in [-0.4, -0.2) is 22.3 Å². The Labute approximate surface area is 85.1 Å². The Bertz CT molecular complexity index is 415. The summed E-state index contributed by atoms with van der Waals surface area (Å²) in [5.74, 6) is -2.24. The average Bonchev–Trinajstić information content (AvgIpc) is 2.20. The van der Waals surface area contributed by atoms with Crippen molar-refractivity contribution < 1.29 is 19.1 Å². The second-order valence-corrected chi connectivity index (χ2v) is 2.67. The third-order valence-electron chi connectivity index (χ3n) is 1.65. The molecule has 5 heteroatoms. The van der Waals surface area contributed by atoms with E-state index in [4.69, 9.17) is 5.11 Å². The van der Waals surface area contributed by atoms with E-state index in [0.29, 0.717) is 6.29 Å². The average molecular weight is 209 g/mol. The largest absolute Gasteiger partial charge is 0.478 e. The summed E-state index contributed by atoms with van der Waals surface area (Å²) in [5, 5.41) is 8.61. The van der Waals surface area contributed by atoms with Crippen molar-refractivity contribution in [2.24, 2.45) is 0 Å². The first kappa shape index (κ1) is 11.0. The lowest BCUT2D eigenvalue weighted by Gasteiger charge is -1.99. The maximum absolute atomic E-state index is 13.4. The van der Waals surface area contributed by atoms with Gasteiger partial charge < -0.3 is 9.90 Å². The highest BCUT2D eigenvalue weighted by Crippen LogP contribution is 2.11. The lowest BCUT2D eigenvalue weighted by Crippen LogP contribution is -2.03. The Balaban J connectivity index is 3.04. The number of aldehydes is 1. The quantitative estimate of drug-likeness (QED) is 0.763. The number of hydrogen-bond donors (Lipinski definition) is 1. The summed E-state index contributed by atoms with van der Waals surface area (Å²) in [4.78, 5) is 24.2. The van der Waals surface area contributed by atoms with Gasteiger partial charge in [0.2, 0.25) is 0 Å². The standard InChI is InChI=1S/C10H8FNO3/c11-9-7(10(14)15)4-5-12-8(9)3-1-2-6-13/h1,3-6H,2H2,(H,14,15). The molecule has 15 heavy (non-hydrogen) atoms. The monoisotopic (exact) mass is 209 g/mol. The number of rotatable bonds is 4. The lowest BCUT2D eigenvalue weighted by molar-refractivity contribution is -0.107. The molecule has 1 heterocycles. The van der Waals surface area contributed by atoms with Crippen molar-refractivity contribution in [1.29, 1.82) is 0 Å². The normalized spacial score (nSPS) is 10.5. The molecule has 0 bridgehead atoms. The van der Waals surface area contributed by atoms with Gasteiger partial charge >= 0.3 is 5.97 Å². The minimum atomic E-state index is -1.35.